The van der Waals surface area contributed by atoms with Crippen LogP contribution in [0.3, 0.4) is 0 Å². The first kappa shape index (κ1) is 12.5. The molecule has 0 amide bonds. The minimum Gasteiger partial charge on any atom is -0.389 e. The molecule has 1 aromatic carbocycles. The van der Waals surface area contributed by atoms with Crippen molar-refractivity contribution < 1.29 is 5.11 Å². The van der Waals surface area contributed by atoms with Crippen LogP contribution in [0.4, 0.5) is 0 Å². The molecule has 0 radical (unpaired) electrons. The molecule has 0 unspecified atom stereocenters. The van der Waals surface area contributed by atoms with Crippen molar-refractivity contribution in [3.05, 3.63) is 34.9 Å². The normalized spacial score (nSPS) is 12.1. The molecule has 0 aliphatic rings. The molecule has 0 saturated heterocycles. The zero-order chi connectivity index (χ0) is 11.5. The molecule has 15 heavy (non-hydrogen) atoms. The van der Waals surface area contributed by atoms with Gasteiger partial charge in [-0.25, -0.2) is 0 Å². The highest BCUT2D eigenvalue weighted by Gasteiger charge is 2.15. The van der Waals surface area contributed by atoms with E-state index in [0.29, 0.717) is 6.54 Å². The van der Waals surface area contributed by atoms with Gasteiger partial charge in [-0.3, -0.25) is 4.90 Å². The molecule has 0 aliphatic heterocycles. The van der Waals surface area contributed by atoms with Crippen LogP contribution in [0.5, 0.6) is 0 Å². The van der Waals surface area contributed by atoms with Gasteiger partial charge in [-0.05, 0) is 38.6 Å². The first-order valence-electron chi connectivity index (χ1n) is 5.02. The molecule has 0 heterocycles. The van der Waals surface area contributed by atoms with Crippen LogP contribution in [0.2, 0.25) is 5.02 Å². The number of benzene rings is 1. The maximum atomic E-state index is 9.65. The maximum Gasteiger partial charge on any atom is 0.0718 e. The Balaban J connectivity index is 2.51. The Morgan fingerprint density at radius 3 is 2.27 bits per heavy atom. The zero-order valence-electron chi connectivity index (χ0n) is 9.50. The lowest BCUT2D eigenvalue weighted by atomic mass is 10.1. The van der Waals surface area contributed by atoms with Crippen molar-refractivity contribution in [2.75, 3.05) is 13.6 Å². The van der Waals surface area contributed by atoms with Gasteiger partial charge in [-0.1, -0.05) is 23.7 Å². The summed E-state index contributed by atoms with van der Waals surface area (Å²) in [5, 5.41) is 10.4. The lowest BCUT2D eigenvalue weighted by molar-refractivity contribution is 0.0425. The monoisotopic (exact) mass is 227 g/mol. The molecule has 0 fully saturated rings. The molecule has 1 rings (SSSR count). The quantitative estimate of drug-likeness (QED) is 0.855. The van der Waals surface area contributed by atoms with E-state index >= 15 is 0 Å². The first-order valence-corrected chi connectivity index (χ1v) is 5.40. The van der Waals surface area contributed by atoms with Crippen LogP contribution in [0, 0.1) is 0 Å². The molecular formula is C12H18ClNO. The Kier molecular flexibility index (Phi) is 4.14. The molecule has 0 spiro atoms. The summed E-state index contributed by atoms with van der Waals surface area (Å²) in [6.45, 7) is 5.09. The molecule has 0 aromatic heterocycles. The SMILES string of the molecule is CN(Cc1ccc(Cl)cc1)CC(C)(C)O. The lowest BCUT2D eigenvalue weighted by Gasteiger charge is -2.25. The fourth-order valence-electron chi connectivity index (χ4n) is 1.62. The van der Waals surface area contributed by atoms with Crippen LogP contribution in [-0.2, 0) is 6.54 Å². The Bertz CT molecular complexity index is 302. The number of nitrogens with zero attached hydrogens (tertiary/aromatic N) is 1. The first-order chi connectivity index (χ1) is 6.87. The summed E-state index contributed by atoms with van der Waals surface area (Å²) in [6.07, 6.45) is 0. The Morgan fingerprint density at radius 2 is 1.80 bits per heavy atom. The van der Waals surface area contributed by atoms with Gasteiger partial charge >= 0.3 is 0 Å². The van der Waals surface area contributed by atoms with Crippen molar-refractivity contribution in [1.29, 1.82) is 0 Å². The van der Waals surface area contributed by atoms with Crippen molar-refractivity contribution >= 4 is 11.6 Å². The molecular weight excluding hydrogens is 210 g/mol. The van der Waals surface area contributed by atoms with E-state index in [4.69, 9.17) is 11.6 Å². The third-order valence-electron chi connectivity index (χ3n) is 2.02. The second-order valence-electron chi connectivity index (χ2n) is 4.61. The van der Waals surface area contributed by atoms with Gasteiger partial charge in [0.05, 0.1) is 5.60 Å². The maximum absolute atomic E-state index is 9.65. The summed E-state index contributed by atoms with van der Waals surface area (Å²) in [7, 11) is 1.99. The van der Waals surface area contributed by atoms with E-state index in [0.717, 1.165) is 11.6 Å². The van der Waals surface area contributed by atoms with Crippen LogP contribution in [-0.4, -0.2) is 29.2 Å². The number of hydrogen-bond acceptors (Lipinski definition) is 2. The molecule has 0 bridgehead atoms. The van der Waals surface area contributed by atoms with Gasteiger partial charge in [-0.2, -0.15) is 0 Å². The van der Waals surface area contributed by atoms with E-state index in [1.54, 1.807) is 0 Å². The third-order valence-corrected chi connectivity index (χ3v) is 2.27. The second-order valence-corrected chi connectivity index (χ2v) is 5.05. The van der Waals surface area contributed by atoms with Crippen LogP contribution < -0.4 is 0 Å². The van der Waals surface area contributed by atoms with Crippen LogP contribution in [0.15, 0.2) is 24.3 Å². The van der Waals surface area contributed by atoms with Crippen LogP contribution in [0.25, 0.3) is 0 Å². The number of aliphatic hydroxyl groups is 1. The fourth-order valence-corrected chi connectivity index (χ4v) is 1.74. The average Bonchev–Trinajstić information content (AvgIpc) is 2.05. The highest BCUT2D eigenvalue weighted by molar-refractivity contribution is 6.30. The summed E-state index contributed by atoms with van der Waals surface area (Å²) < 4.78 is 0. The molecule has 3 heteroatoms. The van der Waals surface area contributed by atoms with Crippen molar-refractivity contribution in [2.45, 2.75) is 26.0 Å². The number of hydrogen-bond donors (Lipinski definition) is 1. The molecule has 1 N–H and O–H groups in total. The molecule has 0 atom stereocenters. The largest absolute Gasteiger partial charge is 0.389 e. The van der Waals surface area contributed by atoms with Gasteiger partial charge in [0.15, 0.2) is 0 Å². The van der Waals surface area contributed by atoms with Crippen molar-refractivity contribution in [2.24, 2.45) is 0 Å². The van der Waals surface area contributed by atoms with E-state index in [1.807, 2.05) is 45.2 Å². The minimum absolute atomic E-state index is 0.648. The summed E-state index contributed by atoms with van der Waals surface area (Å²) >= 11 is 5.80. The van der Waals surface area contributed by atoms with E-state index in [-0.39, 0.29) is 0 Å². The van der Waals surface area contributed by atoms with Crippen molar-refractivity contribution in [3.8, 4) is 0 Å². The van der Waals surface area contributed by atoms with Gasteiger partial charge < -0.3 is 5.11 Å². The molecule has 1 aromatic rings. The number of rotatable bonds is 4. The minimum atomic E-state index is -0.652. The van der Waals surface area contributed by atoms with Gasteiger partial charge in [0.1, 0.15) is 0 Å². The summed E-state index contributed by atoms with van der Waals surface area (Å²) in [4.78, 5) is 2.09. The van der Waals surface area contributed by atoms with Gasteiger partial charge in [0, 0.05) is 18.1 Å². The van der Waals surface area contributed by atoms with E-state index in [2.05, 4.69) is 4.90 Å². The summed E-state index contributed by atoms with van der Waals surface area (Å²) in [5.74, 6) is 0. The average molecular weight is 228 g/mol. The van der Waals surface area contributed by atoms with Gasteiger partial charge in [0.25, 0.3) is 0 Å². The zero-order valence-corrected chi connectivity index (χ0v) is 10.3. The second kappa shape index (κ2) is 4.97. The van der Waals surface area contributed by atoms with Gasteiger partial charge in [-0.15, -0.1) is 0 Å². The predicted molar refractivity (Wildman–Crippen MR) is 64.1 cm³/mol. The Labute approximate surface area is 96.5 Å². The Morgan fingerprint density at radius 1 is 1.27 bits per heavy atom. The highest BCUT2D eigenvalue weighted by Crippen LogP contribution is 2.12. The highest BCUT2D eigenvalue weighted by atomic mass is 35.5. The Hall–Kier alpha value is -0.570. The van der Waals surface area contributed by atoms with E-state index in [1.165, 1.54) is 5.56 Å². The topological polar surface area (TPSA) is 23.5 Å². The van der Waals surface area contributed by atoms with Crippen LogP contribution in [0.1, 0.15) is 19.4 Å². The number of likely N-dealkylation sites (N-methyl/N-ethyl adjacent to an activating group) is 1. The third kappa shape index (κ3) is 5.17. The van der Waals surface area contributed by atoms with E-state index in [9.17, 15) is 5.11 Å². The van der Waals surface area contributed by atoms with Crippen molar-refractivity contribution in [1.82, 2.24) is 4.90 Å². The van der Waals surface area contributed by atoms with Crippen molar-refractivity contribution in [3.63, 3.8) is 0 Å². The molecule has 84 valence electrons. The fraction of sp³-hybridized carbons (Fsp3) is 0.500. The standard InChI is InChI=1S/C12H18ClNO/c1-12(2,15)9-14(3)8-10-4-6-11(13)7-5-10/h4-7,15H,8-9H2,1-3H3. The predicted octanol–water partition coefficient (Wildman–Crippen LogP) is 2.54. The molecule has 0 aliphatic carbocycles. The summed E-state index contributed by atoms with van der Waals surface area (Å²) in [6, 6.07) is 7.77. The lowest BCUT2D eigenvalue weighted by Crippen LogP contribution is -2.35. The van der Waals surface area contributed by atoms with Gasteiger partial charge in [0.2, 0.25) is 0 Å². The molecule has 2 nitrogen and oxygen atoms in total. The number of halogens is 1. The smallest absolute Gasteiger partial charge is 0.0718 e. The van der Waals surface area contributed by atoms with E-state index < -0.39 is 5.60 Å². The molecule has 0 saturated carbocycles. The summed E-state index contributed by atoms with van der Waals surface area (Å²) in [5.41, 5.74) is 0.549. The van der Waals surface area contributed by atoms with Crippen LogP contribution >= 0.6 is 11.6 Å².